The number of nitrogens with zero attached hydrogens (tertiary/aromatic N) is 2. The number of hydrogen-bond donors (Lipinski definition) is 0. The van der Waals surface area contributed by atoms with Crippen LogP contribution in [0.25, 0.3) is 0 Å². The molecule has 0 N–H and O–H groups in total. The van der Waals surface area contributed by atoms with Crippen molar-refractivity contribution in [3.05, 3.63) is 29.8 Å². The number of cyclic esters (lactones) is 1. The van der Waals surface area contributed by atoms with Gasteiger partial charge in [-0.25, -0.2) is 9.69 Å². The highest BCUT2D eigenvalue weighted by molar-refractivity contribution is 6.04. The van der Waals surface area contributed by atoms with Crippen LogP contribution in [-0.2, 0) is 14.3 Å². The Bertz CT molecular complexity index is 715. The Kier molecular flexibility index (Phi) is 4.41. The number of para-hydroxylation sites is 1. The fourth-order valence-electron chi connectivity index (χ4n) is 3.42. The molecule has 2 saturated heterocycles. The second kappa shape index (κ2) is 6.38. The van der Waals surface area contributed by atoms with Crippen LogP contribution in [0.1, 0.15) is 38.3 Å². The summed E-state index contributed by atoms with van der Waals surface area (Å²) in [6, 6.07) is 7.46. The van der Waals surface area contributed by atoms with E-state index < -0.39 is 17.6 Å². The molecule has 2 heterocycles. The second-order valence-electron chi connectivity index (χ2n) is 6.76. The number of ether oxygens (including phenoxy) is 2. The third kappa shape index (κ3) is 3.06. The van der Waals surface area contributed by atoms with Gasteiger partial charge in [-0.05, 0) is 32.8 Å². The first-order chi connectivity index (χ1) is 11.8. The van der Waals surface area contributed by atoms with E-state index in [-0.39, 0.29) is 18.5 Å². The average Bonchev–Trinajstić information content (AvgIpc) is 3.13. The summed E-state index contributed by atoms with van der Waals surface area (Å²) in [4.78, 5) is 39.5. The van der Waals surface area contributed by atoms with Gasteiger partial charge in [0.05, 0.1) is 13.2 Å². The van der Waals surface area contributed by atoms with Crippen molar-refractivity contribution in [2.75, 3.05) is 20.2 Å². The Morgan fingerprint density at radius 2 is 2.04 bits per heavy atom. The first kappa shape index (κ1) is 17.3. The molecular formula is C18H22N2O5. The van der Waals surface area contributed by atoms with Gasteiger partial charge in [-0.15, -0.1) is 0 Å². The van der Waals surface area contributed by atoms with E-state index in [0.29, 0.717) is 6.54 Å². The lowest BCUT2D eigenvalue weighted by Gasteiger charge is -2.27. The van der Waals surface area contributed by atoms with Crippen molar-refractivity contribution in [3.8, 4) is 5.75 Å². The van der Waals surface area contributed by atoms with Gasteiger partial charge < -0.3 is 14.4 Å². The molecule has 0 radical (unpaired) electrons. The standard InChI is InChI=1S/C18H22N2O5/c1-18(2)16(22)20(17(23)25-18)11-15(21)19-10-6-8-13(19)12-7-4-5-9-14(12)24-3/h4-5,7,9,13H,6,8,10-11H2,1-3H3/t13-/m1/s1. The molecule has 0 aliphatic carbocycles. The maximum absolute atomic E-state index is 12.8. The summed E-state index contributed by atoms with van der Waals surface area (Å²) in [6.07, 6.45) is 0.908. The van der Waals surface area contributed by atoms with Crippen LogP contribution < -0.4 is 4.74 Å². The number of benzene rings is 1. The third-order valence-corrected chi connectivity index (χ3v) is 4.69. The molecule has 0 bridgehead atoms. The molecular weight excluding hydrogens is 324 g/mol. The summed E-state index contributed by atoms with van der Waals surface area (Å²) < 4.78 is 10.4. The van der Waals surface area contributed by atoms with E-state index in [1.54, 1.807) is 12.0 Å². The number of rotatable bonds is 4. The lowest BCUT2D eigenvalue weighted by Crippen LogP contribution is -2.44. The number of imide groups is 1. The predicted octanol–water partition coefficient (Wildman–Crippen LogP) is 2.12. The highest BCUT2D eigenvalue weighted by Gasteiger charge is 2.48. The molecule has 7 heteroatoms. The van der Waals surface area contributed by atoms with Crippen molar-refractivity contribution in [3.63, 3.8) is 0 Å². The summed E-state index contributed by atoms with van der Waals surface area (Å²) >= 11 is 0. The summed E-state index contributed by atoms with van der Waals surface area (Å²) in [7, 11) is 1.60. The minimum absolute atomic E-state index is 0.120. The summed E-state index contributed by atoms with van der Waals surface area (Å²) in [5.41, 5.74) is -0.281. The summed E-state index contributed by atoms with van der Waals surface area (Å²) in [6.45, 7) is 3.32. The minimum atomic E-state index is -1.22. The zero-order chi connectivity index (χ0) is 18.2. The molecule has 3 rings (SSSR count). The maximum atomic E-state index is 12.8. The van der Waals surface area contributed by atoms with Gasteiger partial charge >= 0.3 is 6.09 Å². The highest BCUT2D eigenvalue weighted by Crippen LogP contribution is 2.37. The van der Waals surface area contributed by atoms with Crippen molar-refractivity contribution < 1.29 is 23.9 Å². The molecule has 2 fully saturated rings. The second-order valence-corrected chi connectivity index (χ2v) is 6.76. The normalized spacial score (nSPS) is 22.3. The zero-order valence-corrected chi connectivity index (χ0v) is 14.7. The quantitative estimate of drug-likeness (QED) is 0.835. The van der Waals surface area contributed by atoms with Crippen LogP contribution in [0, 0.1) is 0 Å². The Morgan fingerprint density at radius 3 is 2.68 bits per heavy atom. The van der Waals surface area contributed by atoms with Crippen LogP contribution in [0.4, 0.5) is 4.79 Å². The number of amides is 3. The molecule has 0 spiro atoms. The fraction of sp³-hybridized carbons (Fsp3) is 0.500. The Morgan fingerprint density at radius 1 is 1.32 bits per heavy atom. The van der Waals surface area contributed by atoms with Gasteiger partial charge in [0.15, 0.2) is 5.60 Å². The summed E-state index contributed by atoms with van der Waals surface area (Å²) in [5, 5.41) is 0. The monoisotopic (exact) mass is 346 g/mol. The van der Waals surface area contributed by atoms with Crippen LogP contribution >= 0.6 is 0 Å². The third-order valence-electron chi connectivity index (χ3n) is 4.69. The topological polar surface area (TPSA) is 76.2 Å². The van der Waals surface area contributed by atoms with Gasteiger partial charge in [-0.3, -0.25) is 9.59 Å². The maximum Gasteiger partial charge on any atom is 0.418 e. The molecule has 0 aromatic heterocycles. The zero-order valence-electron chi connectivity index (χ0n) is 14.7. The molecule has 2 aliphatic heterocycles. The van der Waals surface area contributed by atoms with Gasteiger partial charge in [0.25, 0.3) is 5.91 Å². The molecule has 1 atom stereocenters. The average molecular weight is 346 g/mol. The van der Waals surface area contributed by atoms with Crippen LogP contribution in [-0.4, -0.2) is 53.5 Å². The molecule has 134 valence electrons. The van der Waals surface area contributed by atoms with E-state index >= 15 is 0 Å². The molecule has 7 nitrogen and oxygen atoms in total. The Hall–Kier alpha value is -2.57. The van der Waals surface area contributed by atoms with E-state index in [1.807, 2.05) is 24.3 Å². The highest BCUT2D eigenvalue weighted by atomic mass is 16.6. The van der Waals surface area contributed by atoms with Crippen LogP contribution in [0.3, 0.4) is 0 Å². The largest absolute Gasteiger partial charge is 0.496 e. The number of carbonyl (C=O) groups is 3. The fourth-order valence-corrected chi connectivity index (χ4v) is 3.42. The molecule has 0 unspecified atom stereocenters. The van der Waals surface area contributed by atoms with Crippen LogP contribution in [0.2, 0.25) is 0 Å². The smallest absolute Gasteiger partial charge is 0.418 e. The Balaban J connectivity index is 1.78. The Labute approximate surface area is 146 Å². The van der Waals surface area contributed by atoms with Crippen LogP contribution in [0.15, 0.2) is 24.3 Å². The van der Waals surface area contributed by atoms with Gasteiger partial charge in [-0.1, -0.05) is 18.2 Å². The minimum Gasteiger partial charge on any atom is -0.496 e. The van der Waals surface area contributed by atoms with Crippen molar-refractivity contribution in [1.29, 1.82) is 0 Å². The predicted molar refractivity (Wildman–Crippen MR) is 89.0 cm³/mol. The van der Waals surface area contributed by atoms with Gasteiger partial charge in [0, 0.05) is 12.1 Å². The van der Waals surface area contributed by atoms with Gasteiger partial charge in [-0.2, -0.15) is 0 Å². The number of likely N-dealkylation sites (tertiary alicyclic amines) is 1. The first-order valence-corrected chi connectivity index (χ1v) is 8.32. The van der Waals surface area contributed by atoms with E-state index in [4.69, 9.17) is 9.47 Å². The first-order valence-electron chi connectivity index (χ1n) is 8.32. The van der Waals surface area contributed by atoms with Crippen LogP contribution in [0.5, 0.6) is 5.75 Å². The SMILES string of the molecule is COc1ccccc1[C@H]1CCCN1C(=O)CN1C(=O)OC(C)(C)C1=O. The van der Waals surface area contributed by atoms with Gasteiger partial charge in [0.2, 0.25) is 5.91 Å². The number of hydrogen-bond acceptors (Lipinski definition) is 5. The molecule has 25 heavy (non-hydrogen) atoms. The molecule has 2 aliphatic rings. The lowest BCUT2D eigenvalue weighted by molar-refractivity contribution is -0.140. The van der Waals surface area contributed by atoms with E-state index in [0.717, 1.165) is 29.1 Å². The van der Waals surface area contributed by atoms with Crippen molar-refractivity contribution in [2.24, 2.45) is 0 Å². The van der Waals surface area contributed by atoms with Crippen molar-refractivity contribution >= 4 is 17.9 Å². The summed E-state index contributed by atoms with van der Waals surface area (Å²) in [5.74, 6) is -0.0275. The van der Waals surface area contributed by atoms with Gasteiger partial charge in [0.1, 0.15) is 12.3 Å². The van der Waals surface area contributed by atoms with Crippen molar-refractivity contribution in [2.45, 2.75) is 38.3 Å². The lowest BCUT2D eigenvalue weighted by atomic mass is 10.0. The van der Waals surface area contributed by atoms with E-state index in [2.05, 4.69) is 0 Å². The van der Waals surface area contributed by atoms with E-state index in [9.17, 15) is 14.4 Å². The number of carbonyl (C=O) groups excluding carboxylic acids is 3. The van der Waals surface area contributed by atoms with Crippen molar-refractivity contribution in [1.82, 2.24) is 9.80 Å². The molecule has 1 aromatic carbocycles. The molecule has 0 saturated carbocycles. The number of methoxy groups -OCH3 is 1. The van der Waals surface area contributed by atoms with E-state index in [1.165, 1.54) is 13.8 Å². The molecule has 3 amide bonds. The molecule has 1 aromatic rings.